The fraction of sp³-hybridized carbons (Fsp3) is 0.562. The van der Waals surface area contributed by atoms with E-state index in [1.807, 2.05) is 26.0 Å². The summed E-state index contributed by atoms with van der Waals surface area (Å²) in [6.07, 6.45) is 2.41. The van der Waals surface area contributed by atoms with Gasteiger partial charge < -0.3 is 9.84 Å². The summed E-state index contributed by atoms with van der Waals surface area (Å²) in [5, 5.41) is 9.34. The standard InChI is InChI=1S/C16H21BrO3/c1-10(2)20-15-8-12(7-13(9-15)16(18)19)11-3-5-14(17)6-4-11/h3-6,10,12-13,15H,7-9H2,1-2H3,(H,18,19). The highest BCUT2D eigenvalue weighted by molar-refractivity contribution is 9.10. The molecule has 3 unspecified atom stereocenters. The predicted molar refractivity (Wildman–Crippen MR) is 81.9 cm³/mol. The molecule has 3 atom stereocenters. The zero-order valence-corrected chi connectivity index (χ0v) is 13.5. The average Bonchev–Trinajstić information content (AvgIpc) is 2.38. The van der Waals surface area contributed by atoms with Gasteiger partial charge in [-0.2, -0.15) is 0 Å². The molecule has 3 nitrogen and oxygen atoms in total. The summed E-state index contributed by atoms with van der Waals surface area (Å²) in [4.78, 5) is 11.4. The van der Waals surface area contributed by atoms with Crippen LogP contribution in [0.25, 0.3) is 0 Å². The number of carboxylic acid groups (broad SMARTS) is 1. The third-order valence-corrected chi connectivity index (χ3v) is 4.35. The molecule has 0 heterocycles. The van der Waals surface area contributed by atoms with Gasteiger partial charge in [0.25, 0.3) is 0 Å². The first-order valence-electron chi connectivity index (χ1n) is 7.09. The molecule has 0 aliphatic heterocycles. The molecule has 0 bridgehead atoms. The maximum atomic E-state index is 11.4. The molecule has 1 aliphatic carbocycles. The van der Waals surface area contributed by atoms with Gasteiger partial charge in [0.05, 0.1) is 18.1 Å². The number of rotatable bonds is 4. The van der Waals surface area contributed by atoms with E-state index in [0.717, 1.165) is 10.9 Å². The molecule has 1 fully saturated rings. The lowest BCUT2D eigenvalue weighted by Gasteiger charge is -2.34. The largest absolute Gasteiger partial charge is 0.481 e. The second kappa shape index (κ2) is 6.72. The second-order valence-corrected chi connectivity index (χ2v) is 6.71. The Hall–Kier alpha value is -0.870. The SMILES string of the molecule is CC(C)OC1CC(C(=O)O)CC(c2ccc(Br)cc2)C1. The van der Waals surface area contributed by atoms with E-state index in [9.17, 15) is 9.90 Å². The third kappa shape index (κ3) is 4.06. The van der Waals surface area contributed by atoms with E-state index in [4.69, 9.17) is 4.74 Å². The summed E-state index contributed by atoms with van der Waals surface area (Å²) in [6.45, 7) is 4.00. The Morgan fingerprint density at radius 3 is 2.45 bits per heavy atom. The maximum Gasteiger partial charge on any atom is 0.306 e. The van der Waals surface area contributed by atoms with Crippen molar-refractivity contribution >= 4 is 21.9 Å². The minimum absolute atomic E-state index is 0.0403. The van der Waals surface area contributed by atoms with Crippen LogP contribution in [0.3, 0.4) is 0 Å². The molecule has 1 aromatic carbocycles. The molecule has 1 saturated carbocycles. The van der Waals surface area contributed by atoms with E-state index in [0.29, 0.717) is 12.8 Å². The fourth-order valence-electron chi connectivity index (χ4n) is 2.97. The van der Waals surface area contributed by atoms with Gasteiger partial charge in [-0.3, -0.25) is 4.79 Å². The van der Waals surface area contributed by atoms with Crippen molar-refractivity contribution in [3.05, 3.63) is 34.3 Å². The number of halogens is 1. The van der Waals surface area contributed by atoms with Crippen molar-refractivity contribution in [1.82, 2.24) is 0 Å². The highest BCUT2D eigenvalue weighted by atomic mass is 79.9. The normalized spacial score (nSPS) is 26.7. The molecule has 1 aromatic rings. The summed E-state index contributed by atoms with van der Waals surface area (Å²) in [7, 11) is 0. The molecular weight excluding hydrogens is 320 g/mol. The molecule has 0 radical (unpaired) electrons. The van der Waals surface area contributed by atoms with Crippen LogP contribution in [0.1, 0.15) is 44.6 Å². The second-order valence-electron chi connectivity index (χ2n) is 5.80. The Morgan fingerprint density at radius 2 is 1.90 bits per heavy atom. The van der Waals surface area contributed by atoms with Crippen LogP contribution >= 0.6 is 15.9 Å². The van der Waals surface area contributed by atoms with Gasteiger partial charge in [-0.05, 0) is 56.7 Å². The molecule has 0 aromatic heterocycles. The van der Waals surface area contributed by atoms with Gasteiger partial charge in [0.1, 0.15) is 0 Å². The third-order valence-electron chi connectivity index (χ3n) is 3.82. The zero-order chi connectivity index (χ0) is 14.7. The van der Waals surface area contributed by atoms with Crippen molar-refractivity contribution in [2.24, 2.45) is 5.92 Å². The summed E-state index contributed by atoms with van der Waals surface area (Å²) in [5.74, 6) is -0.744. The number of benzene rings is 1. The maximum absolute atomic E-state index is 11.4. The summed E-state index contributed by atoms with van der Waals surface area (Å²) in [5.41, 5.74) is 1.21. The first-order chi connectivity index (χ1) is 9.45. The molecule has 1 aliphatic rings. The molecule has 1 N–H and O–H groups in total. The molecule has 2 rings (SSSR count). The van der Waals surface area contributed by atoms with Crippen LogP contribution in [0.15, 0.2) is 28.7 Å². The monoisotopic (exact) mass is 340 g/mol. The Kier molecular flexibility index (Phi) is 5.22. The molecule has 4 heteroatoms. The van der Waals surface area contributed by atoms with E-state index < -0.39 is 5.97 Å². The minimum Gasteiger partial charge on any atom is -0.481 e. The first kappa shape index (κ1) is 15.5. The summed E-state index contributed by atoms with van der Waals surface area (Å²) >= 11 is 3.43. The molecule has 0 saturated heterocycles. The van der Waals surface area contributed by atoms with Gasteiger partial charge in [-0.15, -0.1) is 0 Å². The van der Waals surface area contributed by atoms with Gasteiger partial charge in [0.15, 0.2) is 0 Å². The lowest BCUT2D eigenvalue weighted by atomic mass is 9.76. The van der Waals surface area contributed by atoms with E-state index >= 15 is 0 Å². The molecular formula is C16H21BrO3. The summed E-state index contributed by atoms with van der Waals surface area (Å²) in [6, 6.07) is 8.17. The van der Waals surface area contributed by atoms with Crippen molar-refractivity contribution in [2.45, 2.75) is 51.2 Å². The lowest BCUT2D eigenvalue weighted by molar-refractivity contribution is -0.145. The Bertz CT molecular complexity index is 455. The molecule has 20 heavy (non-hydrogen) atoms. The van der Waals surface area contributed by atoms with E-state index in [-0.39, 0.29) is 24.0 Å². The van der Waals surface area contributed by atoms with E-state index in [1.165, 1.54) is 5.56 Å². The van der Waals surface area contributed by atoms with E-state index in [2.05, 4.69) is 28.1 Å². The number of ether oxygens (including phenoxy) is 1. The van der Waals surface area contributed by atoms with Crippen molar-refractivity contribution in [3.8, 4) is 0 Å². The quantitative estimate of drug-likeness (QED) is 0.892. The molecule has 110 valence electrons. The van der Waals surface area contributed by atoms with Gasteiger partial charge in [0, 0.05) is 4.47 Å². The Morgan fingerprint density at radius 1 is 1.25 bits per heavy atom. The average molecular weight is 341 g/mol. The fourth-order valence-corrected chi connectivity index (χ4v) is 3.24. The van der Waals surface area contributed by atoms with Crippen LogP contribution in [0.2, 0.25) is 0 Å². The van der Waals surface area contributed by atoms with Crippen molar-refractivity contribution in [3.63, 3.8) is 0 Å². The number of carboxylic acids is 1. The van der Waals surface area contributed by atoms with Crippen molar-refractivity contribution in [2.75, 3.05) is 0 Å². The van der Waals surface area contributed by atoms with E-state index in [1.54, 1.807) is 0 Å². The van der Waals surface area contributed by atoms with Crippen LogP contribution in [-0.4, -0.2) is 23.3 Å². The number of aliphatic carboxylic acids is 1. The Labute approximate surface area is 128 Å². The topological polar surface area (TPSA) is 46.5 Å². The Balaban J connectivity index is 2.14. The predicted octanol–water partition coefficient (Wildman–Crippen LogP) is 4.21. The number of carbonyl (C=O) groups is 1. The van der Waals surface area contributed by atoms with Gasteiger partial charge in [-0.1, -0.05) is 28.1 Å². The van der Waals surface area contributed by atoms with Crippen LogP contribution in [0, 0.1) is 5.92 Å². The zero-order valence-electron chi connectivity index (χ0n) is 11.9. The van der Waals surface area contributed by atoms with Crippen LogP contribution < -0.4 is 0 Å². The lowest BCUT2D eigenvalue weighted by Crippen LogP contribution is -2.33. The smallest absolute Gasteiger partial charge is 0.306 e. The van der Waals surface area contributed by atoms with Crippen LogP contribution in [0.5, 0.6) is 0 Å². The number of hydrogen-bond acceptors (Lipinski definition) is 2. The molecule has 0 amide bonds. The van der Waals surface area contributed by atoms with Gasteiger partial charge >= 0.3 is 5.97 Å². The summed E-state index contributed by atoms with van der Waals surface area (Å²) < 4.78 is 6.92. The highest BCUT2D eigenvalue weighted by Gasteiger charge is 2.34. The molecule has 0 spiro atoms. The minimum atomic E-state index is -0.704. The van der Waals surface area contributed by atoms with Gasteiger partial charge in [-0.25, -0.2) is 0 Å². The number of hydrogen-bond donors (Lipinski definition) is 1. The van der Waals surface area contributed by atoms with Crippen molar-refractivity contribution in [1.29, 1.82) is 0 Å². The highest BCUT2D eigenvalue weighted by Crippen LogP contribution is 2.38. The van der Waals surface area contributed by atoms with Crippen LogP contribution in [-0.2, 0) is 9.53 Å². The first-order valence-corrected chi connectivity index (χ1v) is 7.88. The van der Waals surface area contributed by atoms with Crippen molar-refractivity contribution < 1.29 is 14.6 Å². The van der Waals surface area contributed by atoms with Gasteiger partial charge in [0.2, 0.25) is 0 Å². The van der Waals surface area contributed by atoms with Crippen LogP contribution in [0.4, 0.5) is 0 Å².